The normalized spacial score (nSPS) is 14.1. The first-order valence-corrected chi connectivity index (χ1v) is 5.83. The van der Waals surface area contributed by atoms with E-state index in [4.69, 9.17) is 5.73 Å². The number of anilines is 1. The summed E-state index contributed by atoms with van der Waals surface area (Å²) < 4.78 is 13.8. The van der Waals surface area contributed by atoms with Crippen molar-refractivity contribution in [2.75, 3.05) is 12.3 Å². The maximum absolute atomic E-state index is 13.8. The highest BCUT2D eigenvalue weighted by molar-refractivity contribution is 5.95. The first-order valence-electron chi connectivity index (χ1n) is 5.83. The van der Waals surface area contributed by atoms with E-state index in [0.29, 0.717) is 17.7 Å². The van der Waals surface area contributed by atoms with Gasteiger partial charge in [0.25, 0.3) is 5.91 Å². The summed E-state index contributed by atoms with van der Waals surface area (Å²) in [5, 5.41) is 12.3. The number of nitrogens with one attached hydrogen (secondary N) is 1. The number of carbonyl (C=O) groups excluding carboxylic acids is 1. The van der Waals surface area contributed by atoms with Crippen LogP contribution in [0.4, 0.5) is 10.1 Å². The van der Waals surface area contributed by atoms with Gasteiger partial charge in [0.15, 0.2) is 0 Å². The minimum absolute atomic E-state index is 0.0651. The van der Waals surface area contributed by atoms with Crippen LogP contribution in [0, 0.1) is 12.7 Å². The minimum Gasteiger partial charge on any atom is -0.399 e. The Bertz CT molecular complexity index is 459. The number of halogens is 1. The Balaban J connectivity index is 2.85. The van der Waals surface area contributed by atoms with Crippen LogP contribution in [0.3, 0.4) is 0 Å². The van der Waals surface area contributed by atoms with Gasteiger partial charge in [-0.3, -0.25) is 4.79 Å². The molecule has 1 amide bonds. The molecule has 4 N–H and O–H groups in total. The van der Waals surface area contributed by atoms with Crippen molar-refractivity contribution in [1.82, 2.24) is 5.32 Å². The first kappa shape index (κ1) is 14.4. The van der Waals surface area contributed by atoms with Gasteiger partial charge in [-0.25, -0.2) is 4.39 Å². The lowest BCUT2D eigenvalue weighted by Gasteiger charge is -2.21. The number of aryl methyl sites for hydroxylation is 1. The van der Waals surface area contributed by atoms with Crippen molar-refractivity contribution in [1.29, 1.82) is 0 Å². The summed E-state index contributed by atoms with van der Waals surface area (Å²) >= 11 is 0. The van der Waals surface area contributed by atoms with E-state index in [9.17, 15) is 14.3 Å². The molecule has 0 radical (unpaired) electrons. The third-order valence-electron chi connectivity index (χ3n) is 2.91. The number of nitrogen functional groups attached to an aromatic ring is 1. The van der Waals surface area contributed by atoms with E-state index in [1.165, 1.54) is 12.1 Å². The van der Waals surface area contributed by atoms with Gasteiger partial charge in [0, 0.05) is 12.2 Å². The van der Waals surface area contributed by atoms with Gasteiger partial charge in [0.05, 0.1) is 11.2 Å². The molecule has 0 fully saturated rings. The standard InChI is InChI=1S/C13H19FN2O2/c1-4-13(3,18)7-16-12(17)10-6-9(15)5-8(2)11(10)14/h5-6,18H,4,7,15H2,1-3H3,(H,16,17). The van der Waals surface area contributed by atoms with Crippen molar-refractivity contribution in [3.63, 3.8) is 0 Å². The number of nitrogens with two attached hydrogens (primary N) is 1. The molecule has 0 aliphatic heterocycles. The average molecular weight is 254 g/mol. The highest BCUT2D eigenvalue weighted by atomic mass is 19.1. The Morgan fingerprint density at radius 2 is 2.17 bits per heavy atom. The highest BCUT2D eigenvalue weighted by Crippen LogP contribution is 2.17. The number of hydrogen-bond donors (Lipinski definition) is 3. The van der Waals surface area contributed by atoms with E-state index in [1.807, 2.05) is 0 Å². The monoisotopic (exact) mass is 254 g/mol. The maximum atomic E-state index is 13.8. The van der Waals surface area contributed by atoms with Crippen LogP contribution in [0.1, 0.15) is 36.2 Å². The summed E-state index contributed by atoms with van der Waals surface area (Å²) in [6.07, 6.45) is 0.492. The topological polar surface area (TPSA) is 75.3 Å². The molecule has 1 unspecified atom stereocenters. The van der Waals surface area contributed by atoms with Gasteiger partial charge in [0.2, 0.25) is 0 Å². The molecule has 18 heavy (non-hydrogen) atoms. The van der Waals surface area contributed by atoms with Crippen LogP contribution in [0.5, 0.6) is 0 Å². The second-order valence-electron chi connectivity index (χ2n) is 4.73. The molecular weight excluding hydrogens is 235 g/mol. The van der Waals surface area contributed by atoms with Crippen LogP contribution in [-0.2, 0) is 0 Å². The molecule has 1 aromatic carbocycles. The third kappa shape index (κ3) is 3.43. The first-order chi connectivity index (χ1) is 8.26. The van der Waals surface area contributed by atoms with Crippen LogP contribution in [-0.4, -0.2) is 23.2 Å². The van der Waals surface area contributed by atoms with E-state index >= 15 is 0 Å². The molecule has 0 aromatic heterocycles. The molecule has 0 saturated heterocycles. The Hall–Kier alpha value is -1.62. The average Bonchev–Trinajstić information content (AvgIpc) is 2.31. The number of hydrogen-bond acceptors (Lipinski definition) is 3. The summed E-state index contributed by atoms with van der Waals surface area (Å²) in [5.41, 5.74) is 5.14. The van der Waals surface area contributed by atoms with E-state index in [0.717, 1.165) is 0 Å². The van der Waals surface area contributed by atoms with Crippen molar-refractivity contribution in [3.8, 4) is 0 Å². The lowest BCUT2D eigenvalue weighted by Crippen LogP contribution is -2.40. The zero-order chi connectivity index (χ0) is 13.9. The second-order valence-corrected chi connectivity index (χ2v) is 4.73. The summed E-state index contributed by atoms with van der Waals surface area (Å²) in [5.74, 6) is -1.16. The fourth-order valence-electron chi connectivity index (χ4n) is 1.45. The zero-order valence-corrected chi connectivity index (χ0v) is 10.9. The molecule has 0 aliphatic rings. The van der Waals surface area contributed by atoms with Crippen molar-refractivity contribution >= 4 is 11.6 Å². The smallest absolute Gasteiger partial charge is 0.254 e. The zero-order valence-electron chi connectivity index (χ0n) is 10.9. The highest BCUT2D eigenvalue weighted by Gasteiger charge is 2.20. The Morgan fingerprint density at radius 3 is 2.72 bits per heavy atom. The quantitative estimate of drug-likeness (QED) is 0.714. The molecule has 0 heterocycles. The molecule has 0 aliphatic carbocycles. The summed E-state index contributed by atoms with van der Waals surface area (Å²) in [6.45, 7) is 5.02. The Morgan fingerprint density at radius 1 is 1.56 bits per heavy atom. The molecule has 0 bridgehead atoms. The third-order valence-corrected chi connectivity index (χ3v) is 2.91. The fraction of sp³-hybridized carbons (Fsp3) is 0.462. The summed E-state index contributed by atoms with van der Waals surface area (Å²) in [6, 6.07) is 2.76. The molecule has 1 atom stereocenters. The lowest BCUT2D eigenvalue weighted by molar-refractivity contribution is 0.0517. The number of amides is 1. The molecule has 100 valence electrons. The summed E-state index contributed by atoms with van der Waals surface area (Å²) in [4.78, 5) is 11.8. The van der Waals surface area contributed by atoms with Crippen molar-refractivity contribution in [2.45, 2.75) is 32.8 Å². The molecule has 1 aromatic rings. The fourth-order valence-corrected chi connectivity index (χ4v) is 1.45. The van der Waals surface area contributed by atoms with Gasteiger partial charge in [-0.2, -0.15) is 0 Å². The van der Waals surface area contributed by atoms with Crippen LogP contribution in [0.2, 0.25) is 0 Å². The summed E-state index contributed by atoms with van der Waals surface area (Å²) in [7, 11) is 0. The van der Waals surface area contributed by atoms with E-state index < -0.39 is 17.3 Å². The van der Waals surface area contributed by atoms with Crippen LogP contribution in [0.25, 0.3) is 0 Å². The molecule has 0 spiro atoms. The number of carbonyl (C=O) groups is 1. The molecule has 1 rings (SSSR count). The Kier molecular flexibility index (Phi) is 4.29. The van der Waals surface area contributed by atoms with Crippen molar-refractivity contribution in [3.05, 3.63) is 29.1 Å². The van der Waals surface area contributed by atoms with Crippen LogP contribution < -0.4 is 11.1 Å². The van der Waals surface area contributed by atoms with E-state index in [1.54, 1.807) is 20.8 Å². The SMILES string of the molecule is CCC(C)(O)CNC(=O)c1cc(N)cc(C)c1F. The lowest BCUT2D eigenvalue weighted by atomic mass is 10.0. The Labute approximate surface area is 106 Å². The van der Waals surface area contributed by atoms with E-state index in [-0.39, 0.29) is 12.1 Å². The molecule has 4 nitrogen and oxygen atoms in total. The molecular formula is C13H19FN2O2. The van der Waals surface area contributed by atoms with E-state index in [2.05, 4.69) is 5.32 Å². The van der Waals surface area contributed by atoms with Crippen molar-refractivity contribution < 1.29 is 14.3 Å². The van der Waals surface area contributed by atoms with Crippen molar-refractivity contribution in [2.24, 2.45) is 0 Å². The van der Waals surface area contributed by atoms with Gasteiger partial charge >= 0.3 is 0 Å². The van der Waals surface area contributed by atoms with Crippen LogP contribution in [0.15, 0.2) is 12.1 Å². The predicted molar refractivity (Wildman–Crippen MR) is 68.8 cm³/mol. The number of aliphatic hydroxyl groups is 1. The number of benzene rings is 1. The molecule has 0 saturated carbocycles. The van der Waals surface area contributed by atoms with Gasteiger partial charge in [-0.05, 0) is 38.0 Å². The number of rotatable bonds is 4. The maximum Gasteiger partial charge on any atom is 0.254 e. The predicted octanol–water partition coefficient (Wildman–Crippen LogP) is 1.61. The van der Waals surface area contributed by atoms with Gasteiger partial charge < -0.3 is 16.2 Å². The van der Waals surface area contributed by atoms with Gasteiger partial charge in [-0.1, -0.05) is 6.92 Å². The minimum atomic E-state index is -0.999. The van der Waals surface area contributed by atoms with Gasteiger partial charge in [0.1, 0.15) is 5.82 Å². The largest absolute Gasteiger partial charge is 0.399 e. The molecule has 5 heteroatoms. The second kappa shape index (κ2) is 5.35. The van der Waals surface area contributed by atoms with Gasteiger partial charge in [-0.15, -0.1) is 0 Å². The van der Waals surface area contributed by atoms with Crippen LogP contribution >= 0.6 is 0 Å².